The van der Waals surface area contributed by atoms with Crippen molar-refractivity contribution in [3.63, 3.8) is 0 Å². The molecule has 1 amide bonds. The van der Waals surface area contributed by atoms with Gasteiger partial charge in [-0.05, 0) is 43.5 Å². The van der Waals surface area contributed by atoms with Crippen LogP contribution in [-0.4, -0.2) is 23.7 Å². The Balaban J connectivity index is 2.07. The van der Waals surface area contributed by atoms with Gasteiger partial charge in [0.2, 0.25) is 0 Å². The first-order valence-electron chi connectivity index (χ1n) is 6.39. The third kappa shape index (κ3) is 2.64. The van der Waals surface area contributed by atoms with Gasteiger partial charge in [-0.1, -0.05) is 6.42 Å². The van der Waals surface area contributed by atoms with Gasteiger partial charge in [-0.2, -0.15) is 0 Å². The number of hydrogen-bond acceptors (Lipinski definition) is 3. The number of aliphatic hydroxyl groups excluding tert-OH is 1. The molecule has 0 heterocycles. The molecule has 1 aliphatic rings. The van der Waals surface area contributed by atoms with Crippen molar-refractivity contribution in [1.82, 2.24) is 5.32 Å². The number of aryl methyl sites for hydroxylation is 1. The molecule has 0 aromatic heterocycles. The summed E-state index contributed by atoms with van der Waals surface area (Å²) in [6.45, 7) is 2.02. The summed E-state index contributed by atoms with van der Waals surface area (Å²) in [4.78, 5) is 12.2. The van der Waals surface area contributed by atoms with Gasteiger partial charge in [0.05, 0.1) is 0 Å². The number of aliphatic hydroxyl groups is 1. The number of amides is 1. The minimum atomic E-state index is -0.0714. The van der Waals surface area contributed by atoms with Crippen LogP contribution in [0.4, 0.5) is 5.69 Å². The predicted octanol–water partition coefficient (Wildman–Crippen LogP) is 1.47. The van der Waals surface area contributed by atoms with Gasteiger partial charge in [0.1, 0.15) is 0 Å². The van der Waals surface area contributed by atoms with Gasteiger partial charge >= 0.3 is 0 Å². The van der Waals surface area contributed by atoms with Crippen molar-refractivity contribution in [2.75, 3.05) is 12.3 Å². The Labute approximate surface area is 107 Å². The number of anilines is 1. The Hall–Kier alpha value is -1.55. The second-order valence-electron chi connectivity index (χ2n) is 5.03. The first kappa shape index (κ1) is 12.9. The summed E-state index contributed by atoms with van der Waals surface area (Å²) >= 11 is 0. The average Bonchev–Trinajstić information content (AvgIpc) is 2.76. The van der Waals surface area contributed by atoms with E-state index in [4.69, 9.17) is 5.73 Å². The predicted molar refractivity (Wildman–Crippen MR) is 71.3 cm³/mol. The van der Waals surface area contributed by atoms with E-state index in [1.165, 1.54) is 0 Å². The fourth-order valence-corrected chi connectivity index (χ4v) is 2.63. The summed E-state index contributed by atoms with van der Waals surface area (Å²) < 4.78 is 0. The van der Waals surface area contributed by atoms with Crippen LogP contribution in [0.2, 0.25) is 0 Å². The van der Waals surface area contributed by atoms with Crippen LogP contribution in [0.3, 0.4) is 0 Å². The topological polar surface area (TPSA) is 75.4 Å². The molecule has 4 heteroatoms. The van der Waals surface area contributed by atoms with Crippen LogP contribution >= 0.6 is 0 Å². The van der Waals surface area contributed by atoms with Gasteiger partial charge < -0.3 is 16.2 Å². The van der Waals surface area contributed by atoms with E-state index in [1.807, 2.05) is 6.92 Å². The van der Waals surface area contributed by atoms with Gasteiger partial charge in [0.25, 0.3) is 5.91 Å². The van der Waals surface area contributed by atoms with Gasteiger partial charge in [-0.3, -0.25) is 4.79 Å². The molecule has 1 saturated carbocycles. The molecule has 0 bridgehead atoms. The van der Waals surface area contributed by atoms with Crippen LogP contribution in [0.1, 0.15) is 35.2 Å². The van der Waals surface area contributed by atoms with Crippen LogP contribution in [0.5, 0.6) is 0 Å². The molecule has 4 nitrogen and oxygen atoms in total. The quantitative estimate of drug-likeness (QED) is 0.709. The van der Waals surface area contributed by atoms with Crippen LogP contribution in [0.25, 0.3) is 0 Å². The fourth-order valence-electron chi connectivity index (χ4n) is 2.63. The van der Waals surface area contributed by atoms with Crippen molar-refractivity contribution < 1.29 is 9.90 Å². The van der Waals surface area contributed by atoms with E-state index in [0.717, 1.165) is 24.8 Å². The highest BCUT2D eigenvalue weighted by Crippen LogP contribution is 2.25. The van der Waals surface area contributed by atoms with Gasteiger partial charge in [-0.15, -0.1) is 0 Å². The van der Waals surface area contributed by atoms with E-state index >= 15 is 0 Å². The molecule has 1 fully saturated rings. The normalized spacial score (nSPS) is 23.0. The smallest absolute Gasteiger partial charge is 0.251 e. The van der Waals surface area contributed by atoms with Crippen LogP contribution in [0, 0.1) is 12.8 Å². The van der Waals surface area contributed by atoms with E-state index in [-0.39, 0.29) is 24.5 Å². The maximum absolute atomic E-state index is 12.2. The standard InChI is InChI=1S/C14H20N2O2/c1-9-7-11(15)5-6-12(9)14(18)16-13-4-2-3-10(13)8-17/h5-7,10,13,17H,2-4,8,15H2,1H3,(H,16,18). The Morgan fingerprint density at radius 2 is 2.28 bits per heavy atom. The van der Waals surface area contributed by atoms with Crippen LogP contribution in [0.15, 0.2) is 18.2 Å². The lowest BCUT2D eigenvalue weighted by Gasteiger charge is -2.19. The number of carbonyl (C=O) groups is 1. The summed E-state index contributed by atoms with van der Waals surface area (Å²) in [7, 11) is 0. The van der Waals surface area contributed by atoms with E-state index in [0.29, 0.717) is 11.3 Å². The molecule has 2 atom stereocenters. The summed E-state index contributed by atoms with van der Waals surface area (Å²) in [5, 5.41) is 12.3. The molecule has 1 aliphatic carbocycles. The zero-order valence-corrected chi connectivity index (χ0v) is 10.6. The third-order valence-electron chi connectivity index (χ3n) is 3.71. The highest BCUT2D eigenvalue weighted by molar-refractivity contribution is 5.96. The zero-order chi connectivity index (χ0) is 13.1. The van der Waals surface area contributed by atoms with Crippen LogP contribution in [-0.2, 0) is 0 Å². The second-order valence-corrected chi connectivity index (χ2v) is 5.03. The van der Waals surface area contributed by atoms with Crippen LogP contribution < -0.4 is 11.1 Å². The zero-order valence-electron chi connectivity index (χ0n) is 10.6. The molecule has 2 unspecified atom stereocenters. The summed E-state index contributed by atoms with van der Waals surface area (Å²) in [5.74, 6) is 0.126. The minimum Gasteiger partial charge on any atom is -0.399 e. The van der Waals surface area contributed by atoms with Crippen molar-refractivity contribution in [3.8, 4) is 0 Å². The second kappa shape index (κ2) is 5.40. The number of rotatable bonds is 3. The summed E-state index contributed by atoms with van der Waals surface area (Å²) in [6.07, 6.45) is 3.00. The molecule has 4 N–H and O–H groups in total. The Bertz CT molecular complexity index is 445. The number of nitrogens with one attached hydrogen (secondary N) is 1. The van der Waals surface area contributed by atoms with E-state index in [9.17, 15) is 9.90 Å². The maximum atomic E-state index is 12.2. The van der Waals surface area contributed by atoms with Gasteiger partial charge in [0.15, 0.2) is 0 Å². The average molecular weight is 248 g/mol. The highest BCUT2D eigenvalue weighted by atomic mass is 16.3. The van der Waals surface area contributed by atoms with Crippen molar-refractivity contribution in [3.05, 3.63) is 29.3 Å². The number of nitrogens with two attached hydrogens (primary N) is 1. The molecule has 18 heavy (non-hydrogen) atoms. The number of carbonyl (C=O) groups excluding carboxylic acids is 1. The summed E-state index contributed by atoms with van der Waals surface area (Å²) in [5.41, 5.74) is 7.88. The number of hydrogen-bond donors (Lipinski definition) is 3. The Morgan fingerprint density at radius 3 is 2.94 bits per heavy atom. The molecule has 1 aromatic rings. The van der Waals surface area contributed by atoms with E-state index in [2.05, 4.69) is 5.32 Å². The molecule has 1 aromatic carbocycles. The molecule has 0 radical (unpaired) electrons. The van der Waals surface area contributed by atoms with Gasteiger partial charge in [-0.25, -0.2) is 0 Å². The lowest BCUT2D eigenvalue weighted by molar-refractivity contribution is 0.0915. The highest BCUT2D eigenvalue weighted by Gasteiger charge is 2.28. The molecular formula is C14H20N2O2. The first-order valence-corrected chi connectivity index (χ1v) is 6.39. The lowest BCUT2D eigenvalue weighted by Crippen LogP contribution is -2.38. The van der Waals surface area contributed by atoms with Gasteiger partial charge in [0, 0.05) is 29.8 Å². The Kier molecular flexibility index (Phi) is 3.87. The summed E-state index contributed by atoms with van der Waals surface area (Å²) in [6, 6.07) is 5.38. The molecule has 2 rings (SSSR count). The SMILES string of the molecule is Cc1cc(N)ccc1C(=O)NC1CCCC1CO. The molecule has 98 valence electrons. The van der Waals surface area contributed by atoms with Crippen molar-refractivity contribution in [2.45, 2.75) is 32.2 Å². The minimum absolute atomic E-state index is 0.0714. The van der Waals surface area contributed by atoms with E-state index in [1.54, 1.807) is 18.2 Å². The molecule has 0 saturated heterocycles. The maximum Gasteiger partial charge on any atom is 0.251 e. The number of nitrogen functional groups attached to an aromatic ring is 1. The number of benzene rings is 1. The molecular weight excluding hydrogens is 228 g/mol. The third-order valence-corrected chi connectivity index (χ3v) is 3.71. The van der Waals surface area contributed by atoms with E-state index < -0.39 is 0 Å². The largest absolute Gasteiger partial charge is 0.399 e. The monoisotopic (exact) mass is 248 g/mol. The lowest BCUT2D eigenvalue weighted by atomic mass is 10.0. The Morgan fingerprint density at radius 1 is 1.50 bits per heavy atom. The first-order chi connectivity index (χ1) is 8.61. The van der Waals surface area contributed by atoms with Crippen molar-refractivity contribution in [2.24, 2.45) is 5.92 Å². The molecule has 0 spiro atoms. The van der Waals surface area contributed by atoms with Crippen molar-refractivity contribution >= 4 is 11.6 Å². The molecule has 0 aliphatic heterocycles. The fraction of sp³-hybridized carbons (Fsp3) is 0.500. The van der Waals surface area contributed by atoms with Crippen molar-refractivity contribution in [1.29, 1.82) is 0 Å².